The Morgan fingerprint density at radius 2 is 1.73 bits per heavy atom. The van der Waals surface area contributed by atoms with E-state index >= 15 is 0 Å². The number of amides is 1. The van der Waals surface area contributed by atoms with Crippen LogP contribution in [0.2, 0.25) is 5.02 Å². The Morgan fingerprint density at radius 1 is 1.00 bits per heavy atom. The molecule has 2 aromatic heterocycles. The molecule has 296 valence electrons. The van der Waals surface area contributed by atoms with Crippen LogP contribution in [-0.2, 0) is 35.3 Å². The molecule has 0 bridgehead atoms. The Balaban J connectivity index is 1.12. The molecule has 2 aliphatic heterocycles. The number of nitrogens with zero attached hydrogens (tertiary/aromatic N) is 3. The van der Waals surface area contributed by atoms with Gasteiger partial charge in [0.25, 0.3) is 0 Å². The van der Waals surface area contributed by atoms with Crippen molar-refractivity contribution in [3.8, 4) is 40.0 Å². The average Bonchev–Trinajstić information content (AvgIpc) is 3.90. The standard InChI is InChI=1S/C41H43ClF3N5O6/c1-40(39(52)53)16-17-50(22-40)21-24-18-31(41(43,44)45)38(49-37(24)55-3)56-33-14-12-27-26(6-4-7-28(27)33)29-8-5-9-30(35(29)42)32-13-10-23(36(48-32)54-2)19-46-20-25-11-15-34(51)47-25/h4-10,13,18,25,33,46H,11-12,14-17,19-22H2,1-3H3,(H,47,51)(H,52,53)/t25-,33-,40-/m0/s1. The SMILES string of the molecule is COc1nc(-c2cccc(-c3cccc4c3CC[C@@H]4Oc3nc(OC)c(CN4CC[C@](C)(C(=O)O)C4)cc3C(F)(F)F)c2Cl)ccc1CNC[C@@H]1CCC(=O)N1. The van der Waals surface area contributed by atoms with Crippen LogP contribution in [0.15, 0.2) is 54.6 Å². The van der Waals surface area contributed by atoms with Crippen molar-refractivity contribution in [3.63, 3.8) is 0 Å². The molecule has 0 radical (unpaired) electrons. The lowest BCUT2D eigenvalue weighted by atomic mass is 9.90. The number of halogens is 4. The average molecular weight is 794 g/mol. The predicted molar refractivity (Wildman–Crippen MR) is 203 cm³/mol. The zero-order valence-electron chi connectivity index (χ0n) is 31.3. The van der Waals surface area contributed by atoms with Crippen LogP contribution in [0.1, 0.15) is 66.5 Å². The van der Waals surface area contributed by atoms with Crippen molar-refractivity contribution in [1.82, 2.24) is 25.5 Å². The maximum Gasteiger partial charge on any atom is 0.421 e. The molecule has 7 rings (SSSR count). The van der Waals surface area contributed by atoms with Crippen molar-refractivity contribution in [2.75, 3.05) is 33.9 Å². The molecule has 3 aliphatic rings. The van der Waals surface area contributed by atoms with E-state index in [0.29, 0.717) is 67.5 Å². The van der Waals surface area contributed by atoms with E-state index in [0.717, 1.165) is 40.3 Å². The molecule has 15 heteroatoms. The zero-order valence-corrected chi connectivity index (χ0v) is 32.0. The lowest BCUT2D eigenvalue weighted by Crippen LogP contribution is -2.35. The highest BCUT2D eigenvalue weighted by atomic mass is 35.5. The first-order valence-corrected chi connectivity index (χ1v) is 18.9. The number of alkyl halides is 3. The largest absolute Gasteiger partial charge is 0.481 e. The summed E-state index contributed by atoms with van der Waals surface area (Å²) >= 11 is 7.12. The van der Waals surface area contributed by atoms with E-state index in [2.05, 4.69) is 15.6 Å². The van der Waals surface area contributed by atoms with Crippen molar-refractivity contribution >= 4 is 23.5 Å². The van der Waals surface area contributed by atoms with Gasteiger partial charge in [-0.05, 0) is 68.0 Å². The van der Waals surface area contributed by atoms with E-state index in [9.17, 15) is 27.9 Å². The van der Waals surface area contributed by atoms with Gasteiger partial charge in [-0.1, -0.05) is 54.1 Å². The minimum Gasteiger partial charge on any atom is -0.481 e. The number of hydrogen-bond donors (Lipinski definition) is 3. The molecule has 2 fully saturated rings. The van der Waals surface area contributed by atoms with Crippen molar-refractivity contribution in [1.29, 1.82) is 0 Å². The number of carboxylic acid groups (broad SMARTS) is 1. The van der Waals surface area contributed by atoms with Gasteiger partial charge in [-0.3, -0.25) is 14.5 Å². The van der Waals surface area contributed by atoms with Gasteiger partial charge in [0.05, 0.1) is 30.4 Å². The summed E-state index contributed by atoms with van der Waals surface area (Å²) in [7, 11) is 2.89. The topological polar surface area (TPSA) is 135 Å². The number of ether oxygens (including phenoxy) is 3. The van der Waals surface area contributed by atoms with Crippen LogP contribution < -0.4 is 24.8 Å². The zero-order chi connectivity index (χ0) is 39.8. The van der Waals surface area contributed by atoms with Gasteiger partial charge in [-0.15, -0.1) is 0 Å². The molecule has 3 atom stereocenters. The fourth-order valence-electron chi connectivity index (χ4n) is 7.92. The lowest BCUT2D eigenvalue weighted by molar-refractivity contribution is -0.147. The molecule has 2 saturated heterocycles. The van der Waals surface area contributed by atoms with E-state index in [-0.39, 0.29) is 36.5 Å². The van der Waals surface area contributed by atoms with Gasteiger partial charge in [0.2, 0.25) is 23.5 Å². The molecule has 2 aromatic carbocycles. The first kappa shape index (κ1) is 39.3. The number of carboxylic acids is 1. The second-order valence-corrected chi connectivity index (χ2v) is 15.2. The minimum atomic E-state index is -4.78. The summed E-state index contributed by atoms with van der Waals surface area (Å²) in [6.07, 6.45) is -2.84. The maximum absolute atomic E-state index is 14.6. The van der Waals surface area contributed by atoms with Crippen LogP contribution >= 0.6 is 11.6 Å². The maximum atomic E-state index is 14.6. The van der Waals surface area contributed by atoms with Gasteiger partial charge in [0, 0.05) is 60.9 Å². The molecule has 1 amide bonds. The lowest BCUT2D eigenvalue weighted by Gasteiger charge is -2.23. The summed E-state index contributed by atoms with van der Waals surface area (Å²) in [4.78, 5) is 34.1. The summed E-state index contributed by atoms with van der Waals surface area (Å²) in [5.74, 6) is -1.03. The fourth-order valence-corrected chi connectivity index (χ4v) is 8.24. The Labute approximate surface area is 327 Å². The number of fused-ring (bicyclic) bond motifs is 1. The Bertz CT molecular complexity index is 2150. The molecule has 3 N–H and O–H groups in total. The second kappa shape index (κ2) is 15.9. The van der Waals surface area contributed by atoms with E-state index in [1.54, 1.807) is 18.9 Å². The highest BCUT2D eigenvalue weighted by molar-refractivity contribution is 6.36. The summed E-state index contributed by atoms with van der Waals surface area (Å²) < 4.78 is 61.0. The number of aliphatic carboxylic acids is 1. The van der Waals surface area contributed by atoms with Crippen molar-refractivity contribution < 1.29 is 42.1 Å². The van der Waals surface area contributed by atoms with Gasteiger partial charge >= 0.3 is 12.1 Å². The molecule has 0 unspecified atom stereocenters. The first-order chi connectivity index (χ1) is 26.8. The molecule has 0 spiro atoms. The van der Waals surface area contributed by atoms with Crippen LogP contribution in [0.25, 0.3) is 22.4 Å². The van der Waals surface area contributed by atoms with Crippen molar-refractivity contribution in [2.45, 2.75) is 70.4 Å². The number of benzene rings is 2. The van der Waals surface area contributed by atoms with Crippen molar-refractivity contribution in [2.24, 2.45) is 5.41 Å². The number of carbonyl (C=O) groups excluding carboxylic acids is 1. The summed E-state index contributed by atoms with van der Waals surface area (Å²) in [6.45, 7) is 3.42. The van der Waals surface area contributed by atoms with Gasteiger partial charge in [-0.2, -0.15) is 18.2 Å². The number of carbonyl (C=O) groups is 2. The fraction of sp³-hybridized carbons (Fsp3) is 0.415. The smallest absolute Gasteiger partial charge is 0.421 e. The van der Waals surface area contributed by atoms with E-state index in [1.807, 2.05) is 48.5 Å². The molecule has 4 heterocycles. The minimum absolute atomic E-state index is 0.0129. The number of pyridine rings is 2. The highest BCUT2D eigenvalue weighted by Gasteiger charge is 2.42. The van der Waals surface area contributed by atoms with E-state index in [4.69, 9.17) is 30.8 Å². The first-order valence-electron chi connectivity index (χ1n) is 18.5. The Hall–Kier alpha value is -4.92. The van der Waals surface area contributed by atoms with Gasteiger partial charge in [0.15, 0.2) is 0 Å². The van der Waals surface area contributed by atoms with Crippen LogP contribution in [0, 0.1) is 5.41 Å². The number of aromatic nitrogens is 2. The number of methoxy groups -OCH3 is 2. The third-order valence-corrected chi connectivity index (χ3v) is 11.4. The second-order valence-electron chi connectivity index (χ2n) is 14.8. The molecular formula is C41H43ClF3N5O6. The van der Waals surface area contributed by atoms with Crippen LogP contribution in [-0.4, -0.2) is 71.7 Å². The third-order valence-electron chi connectivity index (χ3n) is 10.9. The van der Waals surface area contributed by atoms with Crippen molar-refractivity contribution in [3.05, 3.63) is 87.4 Å². The van der Waals surface area contributed by atoms with Crippen LogP contribution in [0.4, 0.5) is 13.2 Å². The van der Waals surface area contributed by atoms with Crippen LogP contribution in [0.3, 0.4) is 0 Å². The Morgan fingerprint density at radius 3 is 2.43 bits per heavy atom. The van der Waals surface area contributed by atoms with E-state index in [1.165, 1.54) is 7.11 Å². The Kier molecular flexibility index (Phi) is 11.2. The number of hydrogen-bond acceptors (Lipinski definition) is 9. The molecule has 4 aromatic rings. The number of likely N-dealkylation sites (tertiary alicyclic amines) is 1. The highest BCUT2D eigenvalue weighted by Crippen LogP contribution is 2.46. The predicted octanol–water partition coefficient (Wildman–Crippen LogP) is 7.23. The molecule has 0 saturated carbocycles. The molecular weight excluding hydrogens is 751 g/mol. The monoisotopic (exact) mass is 793 g/mol. The van der Waals surface area contributed by atoms with E-state index < -0.39 is 35.1 Å². The van der Waals surface area contributed by atoms with Gasteiger partial charge < -0.3 is 30.0 Å². The normalized spacial score (nSPS) is 20.9. The molecule has 11 nitrogen and oxygen atoms in total. The van der Waals surface area contributed by atoms with Gasteiger partial charge in [0.1, 0.15) is 11.7 Å². The summed E-state index contributed by atoms with van der Waals surface area (Å²) in [6, 6.07) is 16.2. The number of rotatable bonds is 13. The quantitative estimate of drug-likeness (QED) is 0.127. The third kappa shape index (κ3) is 8.00. The summed E-state index contributed by atoms with van der Waals surface area (Å²) in [5, 5.41) is 16.4. The number of nitrogens with one attached hydrogen (secondary N) is 2. The molecule has 1 aliphatic carbocycles. The van der Waals surface area contributed by atoms with Gasteiger partial charge in [-0.25, -0.2) is 4.98 Å². The van der Waals surface area contributed by atoms with Crippen LogP contribution in [0.5, 0.6) is 17.6 Å². The summed E-state index contributed by atoms with van der Waals surface area (Å²) in [5.41, 5.74) is 3.56. The molecule has 56 heavy (non-hydrogen) atoms.